The summed E-state index contributed by atoms with van der Waals surface area (Å²) < 4.78 is 5.39. The molecule has 0 aromatic heterocycles. The Morgan fingerprint density at radius 2 is 1.38 bits per heavy atom. The minimum Gasteiger partial charge on any atom is -0.427 e. The maximum atomic E-state index is 12.5. The van der Waals surface area contributed by atoms with Gasteiger partial charge in [-0.25, -0.2) is 0 Å². The van der Waals surface area contributed by atoms with E-state index in [1.54, 1.807) is 36.4 Å². The predicted octanol–water partition coefficient (Wildman–Crippen LogP) is 4.85. The maximum Gasteiger partial charge on any atom is 0.311 e. The Morgan fingerprint density at radius 3 is 2.12 bits per heavy atom. The zero-order valence-corrected chi connectivity index (χ0v) is 14.4. The van der Waals surface area contributed by atoms with Gasteiger partial charge < -0.3 is 4.74 Å². The van der Waals surface area contributed by atoms with Crippen LogP contribution in [0.3, 0.4) is 0 Å². The molecule has 0 fully saturated rings. The third-order valence-corrected chi connectivity index (χ3v) is 4.05. The van der Waals surface area contributed by atoms with Crippen molar-refractivity contribution in [3.63, 3.8) is 0 Å². The Morgan fingerprint density at radius 1 is 0.731 bits per heavy atom. The summed E-state index contributed by atoms with van der Waals surface area (Å²) in [4.78, 5) is 24.5. The predicted molar refractivity (Wildman–Crippen MR) is 101 cm³/mol. The van der Waals surface area contributed by atoms with E-state index in [4.69, 9.17) is 4.74 Å². The Kier molecular flexibility index (Phi) is 5.94. The number of carbonyl (C=O) groups excluding carboxylic acids is 2. The van der Waals surface area contributed by atoms with Gasteiger partial charge in [-0.05, 0) is 30.5 Å². The third-order valence-electron chi connectivity index (χ3n) is 4.05. The van der Waals surface area contributed by atoms with Crippen molar-refractivity contribution >= 4 is 11.8 Å². The van der Waals surface area contributed by atoms with Crippen LogP contribution in [0.5, 0.6) is 5.75 Å². The van der Waals surface area contributed by atoms with E-state index < -0.39 is 0 Å². The molecule has 0 heterocycles. The zero-order chi connectivity index (χ0) is 18.2. The summed E-state index contributed by atoms with van der Waals surface area (Å²) in [5.41, 5.74) is 2.32. The van der Waals surface area contributed by atoms with Gasteiger partial charge in [0.05, 0.1) is 0 Å². The highest BCUT2D eigenvalue weighted by atomic mass is 16.5. The molecule has 0 spiro atoms. The summed E-state index contributed by atoms with van der Waals surface area (Å²) in [5, 5.41) is 0. The quantitative estimate of drug-likeness (QED) is 0.350. The number of hydrogen-bond acceptors (Lipinski definition) is 3. The number of carbonyl (C=O) groups is 2. The van der Waals surface area contributed by atoms with Gasteiger partial charge >= 0.3 is 5.97 Å². The van der Waals surface area contributed by atoms with E-state index in [9.17, 15) is 9.59 Å². The molecule has 0 aliphatic carbocycles. The van der Waals surface area contributed by atoms with Crippen LogP contribution in [-0.2, 0) is 11.2 Å². The molecule has 0 aliphatic rings. The third kappa shape index (κ3) is 4.90. The molecular weight excluding hydrogens is 324 g/mol. The van der Waals surface area contributed by atoms with E-state index >= 15 is 0 Å². The van der Waals surface area contributed by atoms with Crippen molar-refractivity contribution in [2.24, 2.45) is 0 Å². The second-order valence-electron chi connectivity index (χ2n) is 6.04. The van der Waals surface area contributed by atoms with E-state index in [2.05, 4.69) is 0 Å². The molecule has 3 nitrogen and oxygen atoms in total. The van der Waals surface area contributed by atoms with Crippen molar-refractivity contribution in [3.05, 3.63) is 102 Å². The first-order chi connectivity index (χ1) is 12.7. The van der Waals surface area contributed by atoms with Crippen LogP contribution in [-0.4, -0.2) is 11.8 Å². The molecule has 0 bridgehead atoms. The van der Waals surface area contributed by atoms with Gasteiger partial charge in [0.15, 0.2) is 5.78 Å². The van der Waals surface area contributed by atoms with Crippen molar-refractivity contribution in [1.82, 2.24) is 0 Å². The first-order valence-electron chi connectivity index (χ1n) is 8.67. The Bertz CT molecular complexity index is 870. The topological polar surface area (TPSA) is 43.4 Å². The van der Waals surface area contributed by atoms with Crippen LogP contribution >= 0.6 is 0 Å². The summed E-state index contributed by atoms with van der Waals surface area (Å²) in [5.74, 6) is 0.0225. The molecule has 26 heavy (non-hydrogen) atoms. The molecule has 3 aromatic carbocycles. The molecule has 3 rings (SSSR count). The van der Waals surface area contributed by atoms with Crippen molar-refractivity contribution in [2.45, 2.75) is 19.3 Å². The standard InChI is InChI=1S/C23H20O3/c24-22(16-7-11-18-9-3-1-4-10-18)26-21-15-8-14-20(17-21)23(25)19-12-5-2-6-13-19/h1-6,8-10,12-15,17H,7,11,16H2. The van der Waals surface area contributed by atoms with Gasteiger partial charge in [0, 0.05) is 17.5 Å². The number of esters is 1. The van der Waals surface area contributed by atoms with E-state index in [1.807, 2.05) is 48.5 Å². The molecule has 3 heteroatoms. The molecule has 0 saturated carbocycles. The van der Waals surface area contributed by atoms with Gasteiger partial charge in [0.25, 0.3) is 0 Å². The smallest absolute Gasteiger partial charge is 0.311 e. The molecule has 0 N–H and O–H groups in total. The highest BCUT2D eigenvalue weighted by Crippen LogP contribution is 2.17. The van der Waals surface area contributed by atoms with Crippen LogP contribution in [0.1, 0.15) is 34.3 Å². The van der Waals surface area contributed by atoms with Crippen molar-refractivity contribution < 1.29 is 14.3 Å². The number of benzene rings is 3. The lowest BCUT2D eigenvalue weighted by Crippen LogP contribution is -2.09. The molecule has 0 unspecified atom stereocenters. The molecule has 0 atom stereocenters. The minimum atomic E-state index is -0.287. The van der Waals surface area contributed by atoms with Crippen LogP contribution in [0.4, 0.5) is 0 Å². The number of rotatable bonds is 7. The van der Waals surface area contributed by atoms with Crippen LogP contribution in [0.15, 0.2) is 84.9 Å². The van der Waals surface area contributed by atoms with E-state index in [1.165, 1.54) is 5.56 Å². The lowest BCUT2D eigenvalue weighted by molar-refractivity contribution is -0.134. The summed E-state index contributed by atoms with van der Waals surface area (Å²) in [6, 6.07) is 25.8. The number of aryl methyl sites for hydroxylation is 1. The molecule has 130 valence electrons. The van der Waals surface area contributed by atoms with Crippen LogP contribution in [0.2, 0.25) is 0 Å². The monoisotopic (exact) mass is 344 g/mol. The van der Waals surface area contributed by atoms with Crippen molar-refractivity contribution in [2.75, 3.05) is 0 Å². The Hall–Kier alpha value is -3.20. The van der Waals surface area contributed by atoms with Gasteiger partial charge in [0.2, 0.25) is 0 Å². The molecular formula is C23H20O3. The second-order valence-corrected chi connectivity index (χ2v) is 6.04. The summed E-state index contributed by atoms with van der Waals surface area (Å²) in [6.45, 7) is 0. The fourth-order valence-electron chi connectivity index (χ4n) is 2.72. The van der Waals surface area contributed by atoms with Crippen LogP contribution < -0.4 is 4.74 Å². The van der Waals surface area contributed by atoms with Gasteiger partial charge in [-0.3, -0.25) is 9.59 Å². The maximum absolute atomic E-state index is 12.5. The first-order valence-corrected chi connectivity index (χ1v) is 8.67. The average molecular weight is 344 g/mol. The first kappa shape index (κ1) is 17.6. The molecule has 0 aliphatic heterocycles. The highest BCUT2D eigenvalue weighted by molar-refractivity contribution is 6.09. The highest BCUT2D eigenvalue weighted by Gasteiger charge is 2.11. The molecule has 0 saturated heterocycles. The van der Waals surface area contributed by atoms with Gasteiger partial charge in [-0.1, -0.05) is 72.8 Å². The summed E-state index contributed by atoms with van der Waals surface area (Å²) in [6.07, 6.45) is 1.90. The van der Waals surface area contributed by atoms with E-state index in [-0.39, 0.29) is 11.8 Å². The number of ether oxygens (including phenoxy) is 1. The largest absolute Gasteiger partial charge is 0.427 e. The summed E-state index contributed by atoms with van der Waals surface area (Å²) >= 11 is 0. The summed E-state index contributed by atoms with van der Waals surface area (Å²) in [7, 11) is 0. The lowest BCUT2D eigenvalue weighted by atomic mass is 10.0. The van der Waals surface area contributed by atoms with Crippen molar-refractivity contribution in [3.8, 4) is 5.75 Å². The minimum absolute atomic E-state index is 0.0902. The van der Waals surface area contributed by atoms with Crippen molar-refractivity contribution in [1.29, 1.82) is 0 Å². The fraction of sp³-hybridized carbons (Fsp3) is 0.130. The van der Waals surface area contributed by atoms with Gasteiger partial charge in [-0.15, -0.1) is 0 Å². The molecule has 0 radical (unpaired) electrons. The fourth-order valence-corrected chi connectivity index (χ4v) is 2.72. The number of ketones is 1. The van der Waals surface area contributed by atoms with E-state index in [0.717, 1.165) is 12.8 Å². The lowest BCUT2D eigenvalue weighted by Gasteiger charge is -2.07. The number of hydrogen-bond donors (Lipinski definition) is 0. The SMILES string of the molecule is O=C(CCCc1ccccc1)Oc1cccc(C(=O)c2ccccc2)c1. The molecule has 0 amide bonds. The van der Waals surface area contributed by atoms with E-state index in [0.29, 0.717) is 23.3 Å². The normalized spacial score (nSPS) is 10.3. The second kappa shape index (κ2) is 8.77. The zero-order valence-electron chi connectivity index (χ0n) is 14.4. The van der Waals surface area contributed by atoms with Crippen LogP contribution in [0.25, 0.3) is 0 Å². The average Bonchev–Trinajstić information content (AvgIpc) is 2.69. The molecule has 3 aromatic rings. The Balaban J connectivity index is 1.56. The van der Waals surface area contributed by atoms with Gasteiger partial charge in [-0.2, -0.15) is 0 Å². The van der Waals surface area contributed by atoms with Gasteiger partial charge in [0.1, 0.15) is 5.75 Å². The Labute approximate surface area is 153 Å². The van der Waals surface area contributed by atoms with Crippen LogP contribution in [0, 0.1) is 0 Å².